The van der Waals surface area contributed by atoms with Gasteiger partial charge in [0.05, 0.1) is 0 Å². The molecule has 0 saturated carbocycles. The summed E-state index contributed by atoms with van der Waals surface area (Å²) in [6.45, 7) is 6.18. The molecule has 0 aromatic heterocycles. The Balaban J connectivity index is 2.22. The van der Waals surface area contributed by atoms with Gasteiger partial charge in [0.1, 0.15) is 11.5 Å². The summed E-state index contributed by atoms with van der Waals surface area (Å²) < 4.78 is 22.7. The van der Waals surface area contributed by atoms with E-state index in [-0.39, 0.29) is 5.92 Å². The summed E-state index contributed by atoms with van der Waals surface area (Å²) in [4.78, 5) is 0. The molecule has 0 N–H and O–H groups in total. The minimum atomic E-state index is -1.82. The van der Waals surface area contributed by atoms with Crippen LogP contribution in [0.15, 0.2) is 36.4 Å². The summed E-state index contributed by atoms with van der Waals surface area (Å²) in [6, 6.07) is 11.7. The summed E-state index contributed by atoms with van der Waals surface area (Å²) >= 11 is -1.82. The van der Waals surface area contributed by atoms with Gasteiger partial charge in [-0.05, 0) is 26.0 Å². The van der Waals surface area contributed by atoms with Crippen molar-refractivity contribution in [3.8, 4) is 11.5 Å². The standard InChI is InChI=1S/C16H16O3S/c1-10-4-6-15-13(8-10)12(3)14-9-11(2)5-7-16(14)19-20(17)18-15/h4-9,12H,1-3H3. The van der Waals surface area contributed by atoms with Crippen LogP contribution in [-0.4, -0.2) is 4.21 Å². The number of fused-ring (bicyclic) bond motifs is 2. The number of hydrogen-bond acceptors (Lipinski definition) is 3. The van der Waals surface area contributed by atoms with Crippen LogP contribution in [0.25, 0.3) is 0 Å². The Morgan fingerprint density at radius 3 is 1.80 bits per heavy atom. The van der Waals surface area contributed by atoms with E-state index in [1.54, 1.807) is 0 Å². The van der Waals surface area contributed by atoms with Gasteiger partial charge in [0.15, 0.2) is 0 Å². The van der Waals surface area contributed by atoms with E-state index in [9.17, 15) is 4.21 Å². The van der Waals surface area contributed by atoms with Gasteiger partial charge in [0.25, 0.3) is 0 Å². The van der Waals surface area contributed by atoms with E-state index in [1.165, 1.54) is 0 Å². The molecule has 20 heavy (non-hydrogen) atoms. The number of hydrogen-bond donors (Lipinski definition) is 0. The van der Waals surface area contributed by atoms with Gasteiger partial charge in [-0.25, -0.2) is 0 Å². The quantitative estimate of drug-likeness (QED) is 0.739. The highest BCUT2D eigenvalue weighted by Gasteiger charge is 2.24. The fourth-order valence-corrected chi connectivity index (χ4v) is 3.13. The smallest absolute Gasteiger partial charge is 0.371 e. The third kappa shape index (κ3) is 2.31. The van der Waals surface area contributed by atoms with Crippen LogP contribution in [0.5, 0.6) is 11.5 Å². The van der Waals surface area contributed by atoms with Gasteiger partial charge in [-0.15, -0.1) is 0 Å². The van der Waals surface area contributed by atoms with E-state index in [0.29, 0.717) is 11.5 Å². The summed E-state index contributed by atoms with van der Waals surface area (Å²) in [7, 11) is 0. The van der Waals surface area contributed by atoms with E-state index >= 15 is 0 Å². The average molecular weight is 288 g/mol. The normalized spacial score (nSPS) is 20.8. The van der Waals surface area contributed by atoms with Crippen LogP contribution in [-0.2, 0) is 11.4 Å². The van der Waals surface area contributed by atoms with E-state index in [4.69, 9.17) is 8.37 Å². The highest BCUT2D eigenvalue weighted by Crippen LogP contribution is 2.39. The first-order valence-corrected chi connectivity index (χ1v) is 7.54. The molecule has 104 valence electrons. The van der Waals surface area contributed by atoms with Gasteiger partial charge in [-0.2, -0.15) is 4.21 Å². The molecular formula is C16H16O3S. The van der Waals surface area contributed by atoms with Crippen molar-refractivity contribution in [1.29, 1.82) is 0 Å². The largest absolute Gasteiger partial charge is 0.417 e. The van der Waals surface area contributed by atoms with E-state index in [0.717, 1.165) is 22.3 Å². The molecule has 2 aromatic carbocycles. The van der Waals surface area contributed by atoms with Gasteiger partial charge in [-0.1, -0.05) is 42.3 Å². The van der Waals surface area contributed by atoms with Crippen molar-refractivity contribution < 1.29 is 12.6 Å². The van der Waals surface area contributed by atoms with Crippen LogP contribution < -0.4 is 8.37 Å². The summed E-state index contributed by atoms with van der Waals surface area (Å²) in [5.41, 5.74) is 4.38. The lowest BCUT2D eigenvalue weighted by Gasteiger charge is -2.22. The maximum atomic E-state index is 11.9. The van der Waals surface area contributed by atoms with Crippen LogP contribution >= 0.6 is 0 Å². The lowest BCUT2D eigenvalue weighted by Crippen LogP contribution is -2.15. The van der Waals surface area contributed by atoms with Gasteiger partial charge in [-0.3, -0.25) is 0 Å². The summed E-state index contributed by atoms with van der Waals surface area (Å²) in [6.07, 6.45) is 0. The molecule has 0 radical (unpaired) electrons. The molecule has 0 atom stereocenters. The maximum Gasteiger partial charge on any atom is 0.417 e. The fourth-order valence-electron chi connectivity index (χ4n) is 2.50. The third-order valence-electron chi connectivity index (χ3n) is 3.58. The van der Waals surface area contributed by atoms with Crippen molar-refractivity contribution in [1.82, 2.24) is 0 Å². The third-order valence-corrected chi connectivity index (χ3v) is 4.21. The molecule has 0 aliphatic carbocycles. The Morgan fingerprint density at radius 1 is 0.900 bits per heavy atom. The molecule has 0 saturated heterocycles. The van der Waals surface area contributed by atoms with Gasteiger partial charge in [0.2, 0.25) is 0 Å². The van der Waals surface area contributed by atoms with Crippen LogP contribution in [0, 0.1) is 13.8 Å². The lowest BCUT2D eigenvalue weighted by molar-refractivity contribution is 0.448. The van der Waals surface area contributed by atoms with Crippen molar-refractivity contribution in [2.24, 2.45) is 0 Å². The average Bonchev–Trinajstić information content (AvgIpc) is 2.41. The molecule has 3 rings (SSSR count). The van der Waals surface area contributed by atoms with Crippen molar-refractivity contribution in [3.05, 3.63) is 58.7 Å². The predicted octanol–water partition coefficient (Wildman–Crippen LogP) is 3.81. The first-order valence-electron chi connectivity index (χ1n) is 6.54. The fraction of sp³-hybridized carbons (Fsp3) is 0.250. The van der Waals surface area contributed by atoms with Crippen molar-refractivity contribution in [2.45, 2.75) is 26.7 Å². The zero-order valence-electron chi connectivity index (χ0n) is 11.7. The molecule has 0 spiro atoms. The van der Waals surface area contributed by atoms with Crippen LogP contribution in [0.4, 0.5) is 0 Å². The summed E-state index contributed by atoms with van der Waals surface area (Å²) in [5.74, 6) is 1.36. The van der Waals surface area contributed by atoms with Crippen molar-refractivity contribution >= 4 is 11.4 Å². The molecule has 2 aromatic rings. The zero-order valence-corrected chi connectivity index (χ0v) is 12.5. The van der Waals surface area contributed by atoms with Crippen molar-refractivity contribution in [2.75, 3.05) is 0 Å². The van der Waals surface area contributed by atoms with E-state index < -0.39 is 11.4 Å². The highest BCUT2D eigenvalue weighted by atomic mass is 32.2. The zero-order chi connectivity index (χ0) is 14.3. The van der Waals surface area contributed by atoms with Crippen LogP contribution in [0.2, 0.25) is 0 Å². The Kier molecular flexibility index (Phi) is 3.26. The van der Waals surface area contributed by atoms with E-state index in [1.807, 2.05) is 38.1 Å². The first-order chi connectivity index (χ1) is 9.54. The molecule has 0 fully saturated rings. The SMILES string of the molecule is Cc1ccc2c(c1)C(C)c1cc(C)ccc1OS(=O)O2. The summed E-state index contributed by atoms with van der Waals surface area (Å²) in [5, 5.41) is 0. The molecule has 0 amide bonds. The van der Waals surface area contributed by atoms with Crippen LogP contribution in [0.1, 0.15) is 35.1 Å². The van der Waals surface area contributed by atoms with E-state index in [2.05, 4.69) is 19.1 Å². The van der Waals surface area contributed by atoms with Gasteiger partial charge in [0, 0.05) is 17.0 Å². The molecular weight excluding hydrogens is 272 g/mol. The molecule has 1 aliphatic heterocycles. The van der Waals surface area contributed by atoms with Crippen LogP contribution in [0.3, 0.4) is 0 Å². The Morgan fingerprint density at radius 2 is 1.35 bits per heavy atom. The molecule has 0 bridgehead atoms. The van der Waals surface area contributed by atoms with Gasteiger partial charge >= 0.3 is 11.4 Å². The second-order valence-corrected chi connectivity index (χ2v) is 5.92. The molecule has 1 aliphatic rings. The highest BCUT2D eigenvalue weighted by molar-refractivity contribution is 7.76. The number of aryl methyl sites for hydroxylation is 2. The second kappa shape index (κ2) is 4.94. The first kappa shape index (κ1) is 13.2. The molecule has 1 heterocycles. The van der Waals surface area contributed by atoms with Crippen molar-refractivity contribution in [3.63, 3.8) is 0 Å². The Hall–Kier alpha value is -1.81. The molecule has 0 unspecified atom stereocenters. The maximum absolute atomic E-state index is 11.9. The Labute approximate surface area is 121 Å². The monoisotopic (exact) mass is 288 g/mol. The minimum absolute atomic E-state index is 0.122. The molecule has 3 nitrogen and oxygen atoms in total. The van der Waals surface area contributed by atoms with Gasteiger partial charge < -0.3 is 8.37 Å². The minimum Gasteiger partial charge on any atom is -0.371 e. The lowest BCUT2D eigenvalue weighted by atomic mass is 9.90. The number of benzene rings is 2. The second-order valence-electron chi connectivity index (χ2n) is 5.18. The number of rotatable bonds is 0. The predicted molar refractivity (Wildman–Crippen MR) is 79.3 cm³/mol. The topological polar surface area (TPSA) is 35.5 Å². The Bertz CT molecular complexity index is 637. The molecule has 4 heteroatoms.